The first-order chi connectivity index (χ1) is 12.8. The van der Waals surface area contributed by atoms with Crippen molar-refractivity contribution in [3.63, 3.8) is 0 Å². The quantitative estimate of drug-likeness (QED) is 0.523. The molecule has 0 radical (unpaired) electrons. The summed E-state index contributed by atoms with van der Waals surface area (Å²) in [5, 5.41) is 22.4. The van der Waals surface area contributed by atoms with E-state index in [4.69, 9.17) is 4.98 Å². The third-order valence-electron chi connectivity index (χ3n) is 4.33. The average molecular weight is 361 g/mol. The number of fused-ring (bicyclic) bond motifs is 3. The van der Waals surface area contributed by atoms with Crippen molar-refractivity contribution in [2.24, 2.45) is 15.4 Å². The van der Waals surface area contributed by atoms with Crippen molar-refractivity contribution in [1.29, 1.82) is 0 Å². The molecule has 126 valence electrons. The molecule has 0 saturated carbocycles. The maximum atomic E-state index is 13.2. The SMILES string of the molecule is Fc1ccc(Nc2nc3cc(C4=NN=NC4)ccc3c3cscc23)cc1. The van der Waals surface area contributed by atoms with Crippen LogP contribution in [0, 0.1) is 5.82 Å². The van der Waals surface area contributed by atoms with Gasteiger partial charge in [0, 0.05) is 32.8 Å². The fraction of sp³-hybridized carbons (Fsp3) is 0.0526. The first-order valence-corrected chi connectivity index (χ1v) is 8.98. The van der Waals surface area contributed by atoms with Gasteiger partial charge in [0.25, 0.3) is 0 Å². The van der Waals surface area contributed by atoms with Crippen LogP contribution in [0.3, 0.4) is 0 Å². The Morgan fingerprint density at radius 2 is 1.81 bits per heavy atom. The van der Waals surface area contributed by atoms with E-state index in [1.54, 1.807) is 23.5 Å². The molecule has 5 rings (SSSR count). The highest BCUT2D eigenvalue weighted by atomic mass is 32.1. The van der Waals surface area contributed by atoms with Gasteiger partial charge in [0.15, 0.2) is 0 Å². The van der Waals surface area contributed by atoms with E-state index >= 15 is 0 Å². The van der Waals surface area contributed by atoms with Gasteiger partial charge in [-0.05, 0) is 40.9 Å². The number of anilines is 2. The minimum absolute atomic E-state index is 0.263. The largest absolute Gasteiger partial charge is 0.340 e. The number of hydrogen-bond donors (Lipinski definition) is 1. The van der Waals surface area contributed by atoms with Gasteiger partial charge in [0.2, 0.25) is 0 Å². The van der Waals surface area contributed by atoms with E-state index in [1.165, 1.54) is 12.1 Å². The lowest BCUT2D eigenvalue weighted by atomic mass is 10.0. The summed E-state index contributed by atoms with van der Waals surface area (Å²) >= 11 is 1.63. The highest BCUT2D eigenvalue weighted by Gasteiger charge is 2.13. The molecule has 2 aromatic heterocycles. The van der Waals surface area contributed by atoms with E-state index in [1.807, 2.05) is 12.1 Å². The molecule has 4 aromatic rings. The highest BCUT2D eigenvalue weighted by molar-refractivity contribution is 7.09. The molecule has 0 saturated heterocycles. The number of nitrogens with zero attached hydrogens (tertiary/aromatic N) is 4. The summed E-state index contributed by atoms with van der Waals surface area (Å²) in [5.74, 6) is 0.487. The van der Waals surface area contributed by atoms with Gasteiger partial charge in [-0.25, -0.2) is 9.37 Å². The lowest BCUT2D eigenvalue weighted by molar-refractivity contribution is 0.628. The summed E-state index contributed by atoms with van der Waals surface area (Å²) in [6, 6.07) is 12.4. The summed E-state index contributed by atoms with van der Waals surface area (Å²) in [6.07, 6.45) is 0. The Bertz CT molecular complexity index is 1190. The predicted molar refractivity (Wildman–Crippen MR) is 103 cm³/mol. The van der Waals surface area contributed by atoms with Crippen molar-refractivity contribution >= 4 is 50.2 Å². The van der Waals surface area contributed by atoms with E-state index in [2.05, 4.69) is 37.6 Å². The van der Waals surface area contributed by atoms with Crippen LogP contribution in [0.5, 0.6) is 0 Å². The highest BCUT2D eigenvalue weighted by Crippen LogP contribution is 2.34. The number of halogens is 1. The molecule has 0 aliphatic carbocycles. The Labute approximate surface area is 151 Å². The number of aromatic nitrogens is 1. The zero-order valence-electron chi connectivity index (χ0n) is 13.5. The molecule has 0 spiro atoms. The van der Waals surface area contributed by atoms with Gasteiger partial charge in [-0.3, -0.25) is 0 Å². The van der Waals surface area contributed by atoms with Crippen LogP contribution in [0.2, 0.25) is 0 Å². The molecule has 1 aliphatic rings. The predicted octanol–water partition coefficient (Wildman–Crippen LogP) is 5.50. The third-order valence-corrected chi connectivity index (χ3v) is 5.07. The normalized spacial score (nSPS) is 13.5. The average Bonchev–Trinajstić information content (AvgIpc) is 3.35. The van der Waals surface area contributed by atoms with Crippen LogP contribution < -0.4 is 5.32 Å². The first-order valence-electron chi connectivity index (χ1n) is 8.04. The standard InChI is InChI=1S/C19H12FN5S/c20-12-2-4-13(5-3-12)22-19-16-10-26-9-15(16)14-6-1-11(7-17(14)23-19)18-8-21-25-24-18/h1-7,9-10H,8H2,(H,22,23). The third kappa shape index (κ3) is 2.53. The van der Waals surface area contributed by atoms with Gasteiger partial charge in [-0.2, -0.15) is 16.5 Å². The maximum absolute atomic E-state index is 13.2. The van der Waals surface area contributed by atoms with Crippen molar-refractivity contribution in [3.8, 4) is 0 Å². The van der Waals surface area contributed by atoms with Crippen LogP contribution in [-0.2, 0) is 0 Å². The second-order valence-corrected chi connectivity index (χ2v) is 6.70. The summed E-state index contributed by atoms with van der Waals surface area (Å²) in [5.41, 5.74) is 3.47. The second-order valence-electron chi connectivity index (χ2n) is 5.96. The van der Waals surface area contributed by atoms with Gasteiger partial charge in [-0.15, -0.1) is 5.10 Å². The summed E-state index contributed by atoms with van der Waals surface area (Å²) < 4.78 is 13.2. The molecule has 1 aliphatic heterocycles. The van der Waals surface area contributed by atoms with Gasteiger partial charge >= 0.3 is 0 Å². The molecule has 5 nitrogen and oxygen atoms in total. The Hall–Kier alpha value is -3.19. The number of benzene rings is 2. The summed E-state index contributed by atoms with van der Waals surface area (Å²) in [7, 11) is 0. The fourth-order valence-corrected chi connectivity index (χ4v) is 3.86. The molecule has 0 unspecified atom stereocenters. The smallest absolute Gasteiger partial charge is 0.139 e. The van der Waals surface area contributed by atoms with Crippen LogP contribution in [-0.4, -0.2) is 17.2 Å². The lowest BCUT2D eigenvalue weighted by Crippen LogP contribution is -2.02. The molecule has 2 aromatic carbocycles. The minimum Gasteiger partial charge on any atom is -0.340 e. The van der Waals surface area contributed by atoms with Gasteiger partial charge in [0.1, 0.15) is 18.2 Å². The maximum Gasteiger partial charge on any atom is 0.139 e. The van der Waals surface area contributed by atoms with Crippen molar-refractivity contribution < 1.29 is 4.39 Å². The zero-order valence-corrected chi connectivity index (χ0v) is 14.3. The number of pyridine rings is 1. The fourth-order valence-electron chi connectivity index (χ4n) is 3.03. The molecular weight excluding hydrogens is 349 g/mol. The van der Waals surface area contributed by atoms with Crippen molar-refractivity contribution in [2.75, 3.05) is 11.9 Å². The number of hydrogen-bond acceptors (Lipinski definition) is 6. The molecule has 0 atom stereocenters. The number of thiophene rings is 1. The molecule has 0 fully saturated rings. The Morgan fingerprint density at radius 3 is 2.62 bits per heavy atom. The minimum atomic E-state index is -0.263. The monoisotopic (exact) mass is 361 g/mol. The van der Waals surface area contributed by atoms with Gasteiger partial charge in [-0.1, -0.05) is 12.1 Å². The molecular formula is C19H12FN5S. The second kappa shape index (κ2) is 5.96. The topological polar surface area (TPSA) is 62.0 Å². The lowest BCUT2D eigenvalue weighted by Gasteiger charge is -2.10. The van der Waals surface area contributed by atoms with E-state index in [9.17, 15) is 4.39 Å². The molecule has 3 heterocycles. The van der Waals surface area contributed by atoms with E-state index < -0.39 is 0 Å². The van der Waals surface area contributed by atoms with Crippen molar-refractivity contribution in [2.45, 2.75) is 0 Å². The van der Waals surface area contributed by atoms with Crippen LogP contribution in [0.15, 0.2) is 68.7 Å². The van der Waals surface area contributed by atoms with Crippen molar-refractivity contribution in [1.82, 2.24) is 4.98 Å². The number of nitrogens with one attached hydrogen (secondary N) is 1. The summed E-state index contributed by atoms with van der Waals surface area (Å²) in [4.78, 5) is 4.81. The first kappa shape index (κ1) is 15.1. The van der Waals surface area contributed by atoms with Crippen LogP contribution in [0.25, 0.3) is 21.7 Å². The summed E-state index contributed by atoms with van der Waals surface area (Å²) in [6.45, 7) is 0.493. The molecule has 1 N–H and O–H groups in total. The van der Waals surface area contributed by atoms with Crippen molar-refractivity contribution in [3.05, 3.63) is 64.6 Å². The Balaban J connectivity index is 1.65. The van der Waals surface area contributed by atoms with Gasteiger partial charge < -0.3 is 5.32 Å². The van der Waals surface area contributed by atoms with E-state index in [0.717, 1.165) is 44.5 Å². The molecule has 26 heavy (non-hydrogen) atoms. The molecule has 0 bridgehead atoms. The zero-order chi connectivity index (χ0) is 17.5. The van der Waals surface area contributed by atoms with Crippen LogP contribution in [0.4, 0.5) is 15.9 Å². The molecule has 0 amide bonds. The van der Waals surface area contributed by atoms with Crippen LogP contribution in [0.1, 0.15) is 5.56 Å². The van der Waals surface area contributed by atoms with E-state index in [-0.39, 0.29) is 5.82 Å². The van der Waals surface area contributed by atoms with Gasteiger partial charge in [0.05, 0.1) is 11.2 Å². The van der Waals surface area contributed by atoms with Crippen LogP contribution >= 0.6 is 11.3 Å². The number of rotatable bonds is 3. The molecule has 7 heteroatoms. The Kier molecular flexibility index (Phi) is 3.46. The Morgan fingerprint density at radius 1 is 0.962 bits per heavy atom. The van der Waals surface area contributed by atoms with E-state index in [0.29, 0.717) is 6.54 Å².